The van der Waals surface area contributed by atoms with Crippen molar-refractivity contribution >= 4 is 6.29 Å². The van der Waals surface area contributed by atoms with Crippen LogP contribution in [0.1, 0.15) is 21.6 Å². The zero-order valence-electron chi connectivity index (χ0n) is 10.9. The summed E-state index contributed by atoms with van der Waals surface area (Å²) in [5.74, 6) is 1.14. The molecule has 0 aliphatic carbocycles. The van der Waals surface area contributed by atoms with Crippen LogP contribution >= 0.6 is 0 Å². The Labute approximate surface area is 112 Å². The van der Waals surface area contributed by atoms with Gasteiger partial charge < -0.3 is 9.47 Å². The number of carbonyl (C=O) groups is 1. The van der Waals surface area contributed by atoms with Gasteiger partial charge in [0.2, 0.25) is 0 Å². The van der Waals surface area contributed by atoms with E-state index in [0.29, 0.717) is 23.7 Å². The van der Waals surface area contributed by atoms with E-state index in [-0.39, 0.29) is 0 Å². The van der Waals surface area contributed by atoms with Gasteiger partial charge in [-0.2, -0.15) is 0 Å². The number of methoxy groups -OCH3 is 1. The quantitative estimate of drug-likeness (QED) is 0.773. The van der Waals surface area contributed by atoms with Crippen molar-refractivity contribution in [3.63, 3.8) is 0 Å². The van der Waals surface area contributed by atoms with Crippen LogP contribution in [0.5, 0.6) is 11.5 Å². The number of benzene rings is 1. The number of ether oxygens (including phenoxy) is 2. The third-order valence-electron chi connectivity index (χ3n) is 2.81. The van der Waals surface area contributed by atoms with Crippen molar-refractivity contribution in [3.05, 3.63) is 53.3 Å². The third-order valence-corrected chi connectivity index (χ3v) is 2.81. The van der Waals surface area contributed by atoms with E-state index in [0.717, 1.165) is 17.5 Å². The van der Waals surface area contributed by atoms with Gasteiger partial charge >= 0.3 is 0 Å². The number of pyridine rings is 1. The fraction of sp³-hybridized carbons (Fsp3) is 0.200. The van der Waals surface area contributed by atoms with Crippen LogP contribution in [0.3, 0.4) is 0 Å². The molecular formula is C15H15NO3. The highest BCUT2D eigenvalue weighted by Crippen LogP contribution is 2.28. The van der Waals surface area contributed by atoms with Gasteiger partial charge in [-0.1, -0.05) is 6.07 Å². The van der Waals surface area contributed by atoms with Crippen LogP contribution in [0.2, 0.25) is 0 Å². The summed E-state index contributed by atoms with van der Waals surface area (Å²) in [5.41, 5.74) is 2.47. The van der Waals surface area contributed by atoms with Crippen molar-refractivity contribution in [2.24, 2.45) is 0 Å². The molecule has 0 saturated heterocycles. The number of hydrogen-bond acceptors (Lipinski definition) is 4. The summed E-state index contributed by atoms with van der Waals surface area (Å²) in [7, 11) is 1.56. The summed E-state index contributed by atoms with van der Waals surface area (Å²) in [6.07, 6.45) is 2.50. The van der Waals surface area contributed by atoms with E-state index < -0.39 is 0 Å². The van der Waals surface area contributed by atoms with Crippen LogP contribution in [-0.4, -0.2) is 18.4 Å². The maximum Gasteiger partial charge on any atom is 0.162 e. The minimum atomic E-state index is 0.339. The number of aryl methyl sites for hydroxylation is 1. The number of hydrogen-bond donors (Lipinski definition) is 0. The zero-order chi connectivity index (χ0) is 13.7. The van der Waals surface area contributed by atoms with Gasteiger partial charge in [-0.15, -0.1) is 0 Å². The molecule has 1 aromatic heterocycles. The first-order valence-corrected chi connectivity index (χ1v) is 5.91. The molecule has 0 fully saturated rings. The zero-order valence-corrected chi connectivity index (χ0v) is 10.9. The molecule has 2 aromatic rings. The summed E-state index contributed by atoms with van der Waals surface area (Å²) < 4.78 is 10.9. The van der Waals surface area contributed by atoms with Gasteiger partial charge in [0.1, 0.15) is 12.9 Å². The first-order valence-electron chi connectivity index (χ1n) is 5.91. The summed E-state index contributed by atoms with van der Waals surface area (Å²) in [5, 5.41) is 0. The van der Waals surface area contributed by atoms with E-state index in [1.165, 1.54) is 0 Å². The average molecular weight is 257 g/mol. The molecule has 4 nitrogen and oxygen atoms in total. The molecule has 1 aromatic carbocycles. The van der Waals surface area contributed by atoms with Crippen molar-refractivity contribution in [1.82, 2.24) is 4.98 Å². The molecule has 0 atom stereocenters. The van der Waals surface area contributed by atoms with E-state index in [1.54, 1.807) is 31.5 Å². The number of aldehydes is 1. The fourth-order valence-corrected chi connectivity index (χ4v) is 1.69. The van der Waals surface area contributed by atoms with Gasteiger partial charge in [0.15, 0.2) is 11.5 Å². The lowest BCUT2D eigenvalue weighted by molar-refractivity contribution is 0.112. The van der Waals surface area contributed by atoms with Gasteiger partial charge in [-0.25, -0.2) is 0 Å². The minimum Gasteiger partial charge on any atom is -0.493 e. The molecule has 0 aliphatic rings. The van der Waals surface area contributed by atoms with E-state index in [1.807, 2.05) is 19.1 Å². The lowest BCUT2D eigenvalue weighted by Crippen LogP contribution is -2.02. The first kappa shape index (κ1) is 13.1. The minimum absolute atomic E-state index is 0.339. The molecule has 0 spiro atoms. The summed E-state index contributed by atoms with van der Waals surface area (Å²) in [6.45, 7) is 2.32. The molecule has 0 N–H and O–H groups in total. The second-order valence-corrected chi connectivity index (χ2v) is 4.08. The van der Waals surface area contributed by atoms with Gasteiger partial charge in [-0.3, -0.25) is 9.78 Å². The number of carbonyl (C=O) groups excluding carboxylic acids is 1. The standard InChI is InChI=1S/C15H15NO3/c1-11-4-3-7-16-13(11)10-19-15-8-12(9-17)5-6-14(15)18-2/h3-9H,10H2,1-2H3. The smallest absolute Gasteiger partial charge is 0.162 e. The monoisotopic (exact) mass is 257 g/mol. The maximum absolute atomic E-state index is 10.8. The Bertz CT molecular complexity index is 581. The Morgan fingerprint density at radius 1 is 1.26 bits per heavy atom. The highest BCUT2D eigenvalue weighted by molar-refractivity contribution is 5.76. The van der Waals surface area contributed by atoms with Gasteiger partial charge in [-0.05, 0) is 36.8 Å². The molecule has 0 radical (unpaired) electrons. The predicted octanol–water partition coefficient (Wildman–Crippen LogP) is 2.79. The Hall–Kier alpha value is -2.36. The Morgan fingerprint density at radius 2 is 2.11 bits per heavy atom. The Kier molecular flexibility index (Phi) is 4.13. The third kappa shape index (κ3) is 3.10. The molecular weight excluding hydrogens is 242 g/mol. The van der Waals surface area contributed by atoms with Gasteiger partial charge in [0, 0.05) is 11.8 Å². The van der Waals surface area contributed by atoms with Crippen molar-refractivity contribution in [3.8, 4) is 11.5 Å². The molecule has 0 bridgehead atoms. The molecule has 0 unspecified atom stereocenters. The molecule has 1 heterocycles. The van der Waals surface area contributed by atoms with Crippen LogP contribution in [0, 0.1) is 6.92 Å². The lowest BCUT2D eigenvalue weighted by atomic mass is 10.2. The van der Waals surface area contributed by atoms with E-state index in [2.05, 4.69) is 4.98 Å². The largest absolute Gasteiger partial charge is 0.493 e. The average Bonchev–Trinajstić information content (AvgIpc) is 2.46. The summed E-state index contributed by atoms with van der Waals surface area (Å²) >= 11 is 0. The molecule has 19 heavy (non-hydrogen) atoms. The second kappa shape index (κ2) is 6.00. The SMILES string of the molecule is COc1ccc(C=O)cc1OCc1ncccc1C. The molecule has 4 heteroatoms. The molecule has 2 rings (SSSR count). The van der Waals surface area contributed by atoms with Crippen LogP contribution in [0.15, 0.2) is 36.5 Å². The van der Waals surface area contributed by atoms with Crippen molar-refractivity contribution in [2.45, 2.75) is 13.5 Å². The van der Waals surface area contributed by atoms with Crippen LogP contribution < -0.4 is 9.47 Å². The molecule has 0 amide bonds. The van der Waals surface area contributed by atoms with Crippen molar-refractivity contribution < 1.29 is 14.3 Å². The van der Waals surface area contributed by atoms with Crippen molar-refractivity contribution in [2.75, 3.05) is 7.11 Å². The van der Waals surface area contributed by atoms with Crippen molar-refractivity contribution in [1.29, 1.82) is 0 Å². The number of nitrogens with zero attached hydrogens (tertiary/aromatic N) is 1. The van der Waals surface area contributed by atoms with Crippen LogP contribution in [0.25, 0.3) is 0 Å². The van der Waals surface area contributed by atoms with E-state index >= 15 is 0 Å². The van der Waals surface area contributed by atoms with Gasteiger partial charge in [0.05, 0.1) is 12.8 Å². The summed E-state index contributed by atoms with van der Waals surface area (Å²) in [4.78, 5) is 15.0. The lowest BCUT2D eigenvalue weighted by Gasteiger charge is -2.11. The Balaban J connectivity index is 2.19. The summed E-state index contributed by atoms with van der Waals surface area (Å²) in [6, 6.07) is 8.91. The Morgan fingerprint density at radius 3 is 2.79 bits per heavy atom. The fourth-order valence-electron chi connectivity index (χ4n) is 1.69. The number of aromatic nitrogens is 1. The van der Waals surface area contributed by atoms with Crippen LogP contribution in [0.4, 0.5) is 0 Å². The van der Waals surface area contributed by atoms with Gasteiger partial charge in [0.25, 0.3) is 0 Å². The molecule has 0 aliphatic heterocycles. The molecule has 98 valence electrons. The first-order chi connectivity index (χ1) is 9.24. The number of rotatable bonds is 5. The molecule has 0 saturated carbocycles. The maximum atomic E-state index is 10.8. The topological polar surface area (TPSA) is 48.4 Å². The normalized spacial score (nSPS) is 10.0. The van der Waals surface area contributed by atoms with E-state index in [4.69, 9.17) is 9.47 Å². The van der Waals surface area contributed by atoms with Crippen LogP contribution in [-0.2, 0) is 6.61 Å². The van der Waals surface area contributed by atoms with E-state index in [9.17, 15) is 4.79 Å². The highest BCUT2D eigenvalue weighted by Gasteiger charge is 2.07. The second-order valence-electron chi connectivity index (χ2n) is 4.08. The predicted molar refractivity (Wildman–Crippen MR) is 71.7 cm³/mol. The highest BCUT2D eigenvalue weighted by atomic mass is 16.5.